The van der Waals surface area contributed by atoms with Crippen LogP contribution in [0.5, 0.6) is 0 Å². The lowest BCUT2D eigenvalue weighted by molar-refractivity contribution is 0.141. The smallest absolute Gasteiger partial charge is 0.243 e. The van der Waals surface area contributed by atoms with Crippen LogP contribution >= 0.6 is 0 Å². The quantitative estimate of drug-likeness (QED) is 0.438. The predicted octanol–water partition coefficient (Wildman–Crippen LogP) is 5.57. The van der Waals surface area contributed by atoms with Crippen molar-refractivity contribution in [3.8, 4) is 0 Å². The Kier molecular flexibility index (Phi) is 7.79. The first-order chi connectivity index (χ1) is 17.8. The molecule has 37 heavy (non-hydrogen) atoms. The standard InChI is InChI=1S/C29H39N5O2S/c1-21(2)23-13-15-25(16-14-23)37(35,36)34-19-17-33(18-20-34)22(3)28-31-27-12-8-7-11-26(27)29(32-28)30-24-9-5-4-6-10-24/h7-8,11-16,21-22,24H,4-6,9-10,17-20H2,1-3H3,(H,30,31,32)/t22-/m1/s1. The lowest BCUT2D eigenvalue weighted by Crippen LogP contribution is -2.49. The average Bonchev–Trinajstić information content (AvgIpc) is 2.93. The molecule has 1 N–H and O–H groups in total. The molecule has 0 radical (unpaired) electrons. The van der Waals surface area contributed by atoms with E-state index in [1.165, 1.54) is 32.1 Å². The van der Waals surface area contributed by atoms with Gasteiger partial charge >= 0.3 is 0 Å². The minimum Gasteiger partial charge on any atom is -0.367 e. The Morgan fingerprint density at radius 2 is 1.54 bits per heavy atom. The molecule has 2 aliphatic rings. The molecule has 0 bridgehead atoms. The van der Waals surface area contributed by atoms with Gasteiger partial charge in [-0.1, -0.05) is 57.4 Å². The number of nitrogens with one attached hydrogen (secondary N) is 1. The molecule has 5 rings (SSSR count). The number of sulfonamides is 1. The fraction of sp³-hybridized carbons (Fsp3) is 0.517. The molecule has 1 aliphatic carbocycles. The van der Waals surface area contributed by atoms with Crippen LogP contribution in [0.15, 0.2) is 53.4 Å². The Balaban J connectivity index is 1.30. The van der Waals surface area contributed by atoms with Crippen molar-refractivity contribution in [3.05, 3.63) is 59.9 Å². The highest BCUT2D eigenvalue weighted by Crippen LogP contribution is 2.29. The Labute approximate surface area is 221 Å². The number of nitrogens with zero attached hydrogens (tertiary/aromatic N) is 4. The van der Waals surface area contributed by atoms with Crippen molar-refractivity contribution in [3.63, 3.8) is 0 Å². The Hall–Kier alpha value is -2.55. The van der Waals surface area contributed by atoms with Crippen molar-refractivity contribution in [2.75, 3.05) is 31.5 Å². The lowest BCUT2D eigenvalue weighted by Gasteiger charge is -2.37. The van der Waals surface area contributed by atoms with Crippen LogP contribution in [0.1, 0.15) is 76.2 Å². The van der Waals surface area contributed by atoms with Crippen LogP contribution in [0.2, 0.25) is 0 Å². The van der Waals surface area contributed by atoms with Crippen molar-refractivity contribution in [2.45, 2.75) is 75.8 Å². The van der Waals surface area contributed by atoms with E-state index in [0.29, 0.717) is 43.0 Å². The molecule has 3 aromatic rings. The Morgan fingerprint density at radius 1 is 0.865 bits per heavy atom. The Bertz CT molecular complexity index is 1310. The van der Waals surface area contributed by atoms with E-state index in [4.69, 9.17) is 9.97 Å². The van der Waals surface area contributed by atoms with Crippen LogP contribution in [0.4, 0.5) is 5.82 Å². The molecule has 2 aromatic carbocycles. The number of anilines is 1. The van der Waals surface area contributed by atoms with Gasteiger partial charge in [0.1, 0.15) is 11.6 Å². The third kappa shape index (κ3) is 5.66. The normalized spacial score (nSPS) is 19.4. The molecule has 198 valence electrons. The summed E-state index contributed by atoms with van der Waals surface area (Å²) in [5.74, 6) is 2.08. The van der Waals surface area contributed by atoms with Crippen molar-refractivity contribution < 1.29 is 8.42 Å². The van der Waals surface area contributed by atoms with Gasteiger partial charge in [0.05, 0.1) is 16.5 Å². The predicted molar refractivity (Wildman–Crippen MR) is 149 cm³/mol. The van der Waals surface area contributed by atoms with E-state index in [1.54, 1.807) is 16.4 Å². The third-order valence-corrected chi connectivity index (χ3v) is 9.86. The molecule has 2 fully saturated rings. The van der Waals surface area contributed by atoms with Gasteiger partial charge < -0.3 is 5.32 Å². The number of rotatable bonds is 7. The lowest BCUT2D eigenvalue weighted by atomic mass is 9.95. The van der Waals surface area contributed by atoms with Crippen LogP contribution in [0, 0.1) is 0 Å². The van der Waals surface area contributed by atoms with Crippen molar-refractivity contribution in [1.82, 2.24) is 19.2 Å². The number of benzene rings is 2. The summed E-state index contributed by atoms with van der Waals surface area (Å²) in [4.78, 5) is 12.6. The number of hydrogen-bond acceptors (Lipinski definition) is 6. The van der Waals surface area contributed by atoms with Crippen molar-refractivity contribution >= 4 is 26.7 Å². The number of para-hydroxylation sites is 1. The van der Waals surface area contributed by atoms with Gasteiger partial charge in [-0.25, -0.2) is 18.4 Å². The fourth-order valence-electron chi connectivity index (χ4n) is 5.50. The maximum Gasteiger partial charge on any atom is 0.243 e. The zero-order valence-electron chi connectivity index (χ0n) is 22.2. The van der Waals surface area contributed by atoms with Gasteiger partial charge in [-0.2, -0.15) is 4.31 Å². The molecular formula is C29H39N5O2S. The topological polar surface area (TPSA) is 78.4 Å². The third-order valence-electron chi connectivity index (χ3n) is 7.95. The molecule has 0 unspecified atom stereocenters. The van der Waals surface area contributed by atoms with Crippen LogP contribution in [-0.4, -0.2) is 59.8 Å². The fourth-order valence-corrected chi connectivity index (χ4v) is 6.92. The monoisotopic (exact) mass is 521 g/mol. The summed E-state index contributed by atoms with van der Waals surface area (Å²) in [6.45, 7) is 8.55. The zero-order chi connectivity index (χ0) is 26.0. The molecule has 0 spiro atoms. The van der Waals surface area contributed by atoms with Crippen LogP contribution in [-0.2, 0) is 10.0 Å². The molecule has 1 atom stereocenters. The van der Waals surface area contributed by atoms with Crippen molar-refractivity contribution in [2.24, 2.45) is 0 Å². The summed E-state index contributed by atoms with van der Waals surface area (Å²) in [6.07, 6.45) is 6.20. The van der Waals surface area contributed by atoms with Crippen molar-refractivity contribution in [1.29, 1.82) is 0 Å². The van der Waals surface area contributed by atoms with Crippen LogP contribution in [0.3, 0.4) is 0 Å². The summed E-state index contributed by atoms with van der Waals surface area (Å²) in [5, 5.41) is 4.78. The number of aromatic nitrogens is 2. The van der Waals surface area contributed by atoms with Gasteiger partial charge in [-0.3, -0.25) is 4.90 Å². The summed E-state index contributed by atoms with van der Waals surface area (Å²) in [7, 11) is -3.50. The summed E-state index contributed by atoms with van der Waals surface area (Å²) < 4.78 is 28.1. The van der Waals surface area contributed by atoms with E-state index in [-0.39, 0.29) is 6.04 Å². The van der Waals surface area contributed by atoms with Gasteiger partial charge in [0.15, 0.2) is 0 Å². The van der Waals surface area contributed by atoms with Gasteiger partial charge in [0.2, 0.25) is 10.0 Å². The van der Waals surface area contributed by atoms with Crippen LogP contribution < -0.4 is 5.32 Å². The van der Waals surface area contributed by atoms with Gasteiger partial charge in [0.25, 0.3) is 0 Å². The number of piperazine rings is 1. The first-order valence-electron chi connectivity index (χ1n) is 13.7. The highest BCUT2D eigenvalue weighted by molar-refractivity contribution is 7.89. The van der Waals surface area contributed by atoms with E-state index in [0.717, 1.165) is 28.1 Å². The zero-order valence-corrected chi connectivity index (χ0v) is 23.0. The molecule has 1 saturated carbocycles. The first-order valence-corrected chi connectivity index (χ1v) is 15.1. The van der Waals surface area contributed by atoms with E-state index >= 15 is 0 Å². The molecule has 0 amide bonds. The minimum absolute atomic E-state index is 0.00769. The first kappa shape index (κ1) is 26.1. The SMILES string of the molecule is CC(C)c1ccc(S(=O)(=O)N2CCN([C@H](C)c3nc(NC4CCCCC4)c4ccccc4n3)CC2)cc1. The van der Waals surface area contributed by atoms with E-state index < -0.39 is 10.0 Å². The van der Waals surface area contributed by atoms with Crippen LogP contribution in [0.25, 0.3) is 10.9 Å². The van der Waals surface area contributed by atoms with E-state index in [9.17, 15) is 8.42 Å². The Morgan fingerprint density at radius 3 is 2.22 bits per heavy atom. The summed E-state index contributed by atoms with van der Waals surface area (Å²) in [6, 6.07) is 16.0. The van der Waals surface area contributed by atoms with Gasteiger partial charge in [0, 0.05) is 37.6 Å². The number of fused-ring (bicyclic) bond motifs is 1. The van der Waals surface area contributed by atoms with E-state index in [1.807, 2.05) is 30.3 Å². The molecule has 1 aliphatic heterocycles. The minimum atomic E-state index is -3.50. The van der Waals surface area contributed by atoms with E-state index in [2.05, 4.69) is 37.1 Å². The molecule has 2 heterocycles. The highest BCUT2D eigenvalue weighted by Gasteiger charge is 2.31. The molecule has 7 nitrogen and oxygen atoms in total. The average molecular weight is 522 g/mol. The highest BCUT2D eigenvalue weighted by atomic mass is 32.2. The summed E-state index contributed by atoms with van der Waals surface area (Å²) in [5.41, 5.74) is 2.09. The van der Waals surface area contributed by atoms with Gasteiger partial charge in [-0.15, -0.1) is 0 Å². The molecule has 1 saturated heterocycles. The second kappa shape index (κ2) is 11.1. The second-order valence-corrected chi connectivity index (χ2v) is 12.7. The summed E-state index contributed by atoms with van der Waals surface area (Å²) >= 11 is 0. The van der Waals surface area contributed by atoms with Gasteiger partial charge in [-0.05, 0) is 55.5 Å². The molecular weight excluding hydrogens is 482 g/mol. The largest absolute Gasteiger partial charge is 0.367 e. The maximum absolute atomic E-state index is 13.3. The maximum atomic E-state index is 13.3. The molecule has 1 aromatic heterocycles. The second-order valence-electron chi connectivity index (χ2n) is 10.8. The molecule has 8 heteroatoms. The number of hydrogen-bond donors (Lipinski definition) is 1.